The monoisotopic (exact) mass is 252 g/mol. The fourth-order valence-electron chi connectivity index (χ4n) is 2.28. The number of hydrogen-bond donors (Lipinski definition) is 2. The third-order valence-corrected chi connectivity index (χ3v) is 3.22. The maximum atomic E-state index is 5.75. The SMILES string of the molecule is C=C(C)CN=C(N)NCCCN1CCCC(C)C1. The third-order valence-electron chi connectivity index (χ3n) is 3.22. The first-order chi connectivity index (χ1) is 8.58. The summed E-state index contributed by atoms with van der Waals surface area (Å²) < 4.78 is 0. The molecule has 0 saturated carbocycles. The summed E-state index contributed by atoms with van der Waals surface area (Å²) in [5, 5.41) is 3.15. The second kappa shape index (κ2) is 8.14. The minimum atomic E-state index is 0.532. The topological polar surface area (TPSA) is 53.6 Å². The molecule has 0 bridgehead atoms. The molecule has 1 rings (SSSR count). The van der Waals surface area contributed by atoms with Crippen LogP contribution in [0.5, 0.6) is 0 Å². The number of guanidine groups is 1. The lowest BCUT2D eigenvalue weighted by Gasteiger charge is -2.30. The Bertz CT molecular complexity index is 286. The van der Waals surface area contributed by atoms with Crippen LogP contribution in [0.4, 0.5) is 0 Å². The fraction of sp³-hybridized carbons (Fsp3) is 0.786. The van der Waals surface area contributed by atoms with Crippen molar-refractivity contribution in [3.05, 3.63) is 12.2 Å². The first-order valence-electron chi connectivity index (χ1n) is 6.98. The molecule has 1 fully saturated rings. The maximum Gasteiger partial charge on any atom is 0.188 e. The molecule has 4 nitrogen and oxygen atoms in total. The van der Waals surface area contributed by atoms with E-state index in [1.165, 1.54) is 25.9 Å². The average molecular weight is 252 g/mol. The van der Waals surface area contributed by atoms with E-state index in [-0.39, 0.29) is 0 Å². The van der Waals surface area contributed by atoms with Gasteiger partial charge < -0.3 is 16.0 Å². The number of aliphatic imine (C=N–C) groups is 1. The molecule has 1 atom stereocenters. The standard InChI is InChI=1S/C14H28N4/c1-12(2)10-17-14(15)16-7-5-9-18-8-4-6-13(3)11-18/h13H,1,4-11H2,2-3H3,(H3,15,16,17). The van der Waals surface area contributed by atoms with Crippen molar-refractivity contribution in [2.24, 2.45) is 16.6 Å². The summed E-state index contributed by atoms with van der Waals surface area (Å²) in [4.78, 5) is 6.74. The molecule has 0 aromatic carbocycles. The average Bonchev–Trinajstić information content (AvgIpc) is 2.32. The highest BCUT2D eigenvalue weighted by molar-refractivity contribution is 5.77. The van der Waals surface area contributed by atoms with Crippen LogP contribution >= 0.6 is 0 Å². The molecule has 0 amide bonds. The molecule has 1 heterocycles. The summed E-state index contributed by atoms with van der Waals surface area (Å²) in [5.74, 6) is 1.39. The van der Waals surface area contributed by atoms with Gasteiger partial charge >= 0.3 is 0 Å². The minimum absolute atomic E-state index is 0.532. The molecule has 0 aliphatic carbocycles. The van der Waals surface area contributed by atoms with Gasteiger partial charge in [-0.1, -0.05) is 19.1 Å². The van der Waals surface area contributed by atoms with Crippen LogP contribution in [0.25, 0.3) is 0 Å². The maximum absolute atomic E-state index is 5.75. The molecular formula is C14H28N4. The third kappa shape index (κ3) is 6.64. The van der Waals surface area contributed by atoms with Crippen molar-refractivity contribution in [1.82, 2.24) is 10.2 Å². The van der Waals surface area contributed by atoms with E-state index in [4.69, 9.17) is 5.73 Å². The summed E-state index contributed by atoms with van der Waals surface area (Å²) in [6.45, 7) is 13.3. The highest BCUT2D eigenvalue weighted by Gasteiger charge is 2.15. The van der Waals surface area contributed by atoms with Gasteiger partial charge in [-0.25, -0.2) is 4.99 Å². The van der Waals surface area contributed by atoms with Gasteiger partial charge in [-0.2, -0.15) is 0 Å². The van der Waals surface area contributed by atoms with Crippen molar-refractivity contribution in [1.29, 1.82) is 0 Å². The van der Waals surface area contributed by atoms with Crippen LogP contribution in [0.1, 0.15) is 33.1 Å². The van der Waals surface area contributed by atoms with Crippen molar-refractivity contribution in [3.63, 3.8) is 0 Å². The minimum Gasteiger partial charge on any atom is -0.370 e. The number of piperidine rings is 1. The molecule has 4 heteroatoms. The summed E-state index contributed by atoms with van der Waals surface area (Å²) in [6, 6.07) is 0. The Morgan fingerprint density at radius 3 is 3.00 bits per heavy atom. The number of nitrogens with zero attached hydrogens (tertiary/aromatic N) is 2. The first kappa shape index (κ1) is 15.0. The smallest absolute Gasteiger partial charge is 0.188 e. The Kier molecular flexibility index (Phi) is 6.80. The number of likely N-dealkylation sites (tertiary alicyclic amines) is 1. The van der Waals surface area contributed by atoms with E-state index >= 15 is 0 Å². The molecular weight excluding hydrogens is 224 g/mol. The van der Waals surface area contributed by atoms with Crippen molar-refractivity contribution < 1.29 is 0 Å². The first-order valence-corrected chi connectivity index (χ1v) is 6.98. The van der Waals surface area contributed by atoms with Gasteiger partial charge in [0, 0.05) is 13.1 Å². The summed E-state index contributed by atoms with van der Waals surface area (Å²) in [6.07, 6.45) is 3.85. The van der Waals surface area contributed by atoms with Gasteiger partial charge in [0.05, 0.1) is 6.54 Å². The van der Waals surface area contributed by atoms with Gasteiger partial charge in [0.15, 0.2) is 5.96 Å². The molecule has 1 unspecified atom stereocenters. The van der Waals surface area contributed by atoms with E-state index in [0.29, 0.717) is 12.5 Å². The Morgan fingerprint density at radius 1 is 1.56 bits per heavy atom. The highest BCUT2D eigenvalue weighted by atomic mass is 15.1. The van der Waals surface area contributed by atoms with Gasteiger partial charge in [-0.15, -0.1) is 0 Å². The fourth-order valence-corrected chi connectivity index (χ4v) is 2.28. The molecule has 0 aromatic heterocycles. The lowest BCUT2D eigenvalue weighted by atomic mass is 10.0. The van der Waals surface area contributed by atoms with E-state index in [2.05, 4.69) is 28.7 Å². The van der Waals surface area contributed by atoms with E-state index < -0.39 is 0 Å². The molecule has 0 spiro atoms. The number of rotatable bonds is 6. The second-order valence-electron chi connectivity index (χ2n) is 5.49. The van der Waals surface area contributed by atoms with Crippen molar-refractivity contribution in [3.8, 4) is 0 Å². The Balaban J connectivity index is 2.07. The quantitative estimate of drug-likeness (QED) is 0.327. The van der Waals surface area contributed by atoms with Crippen molar-refractivity contribution >= 4 is 5.96 Å². The van der Waals surface area contributed by atoms with Gasteiger partial charge in [0.1, 0.15) is 0 Å². The zero-order valence-electron chi connectivity index (χ0n) is 11.9. The predicted octanol–water partition coefficient (Wildman–Crippen LogP) is 1.59. The van der Waals surface area contributed by atoms with E-state index in [0.717, 1.165) is 31.0 Å². The van der Waals surface area contributed by atoms with Crippen LogP contribution < -0.4 is 11.1 Å². The zero-order chi connectivity index (χ0) is 13.4. The lowest BCUT2D eigenvalue weighted by Crippen LogP contribution is -2.38. The zero-order valence-corrected chi connectivity index (χ0v) is 11.9. The van der Waals surface area contributed by atoms with Crippen LogP contribution in [-0.4, -0.2) is 43.6 Å². The molecule has 3 N–H and O–H groups in total. The number of nitrogens with one attached hydrogen (secondary N) is 1. The lowest BCUT2D eigenvalue weighted by molar-refractivity contribution is 0.182. The molecule has 1 saturated heterocycles. The Hall–Kier alpha value is -1.03. The van der Waals surface area contributed by atoms with Crippen molar-refractivity contribution in [2.45, 2.75) is 33.1 Å². The van der Waals surface area contributed by atoms with Gasteiger partial charge in [0.25, 0.3) is 0 Å². The molecule has 18 heavy (non-hydrogen) atoms. The van der Waals surface area contributed by atoms with E-state index in [1.54, 1.807) is 0 Å². The van der Waals surface area contributed by atoms with Gasteiger partial charge in [-0.05, 0) is 45.2 Å². The summed E-state index contributed by atoms with van der Waals surface area (Å²) >= 11 is 0. The predicted molar refractivity (Wildman–Crippen MR) is 78.8 cm³/mol. The normalized spacial score (nSPS) is 21.9. The van der Waals surface area contributed by atoms with Gasteiger partial charge in [0.2, 0.25) is 0 Å². The Labute approximate surface area is 111 Å². The van der Waals surface area contributed by atoms with Crippen LogP contribution in [0, 0.1) is 5.92 Å². The molecule has 0 radical (unpaired) electrons. The molecule has 1 aliphatic rings. The second-order valence-corrected chi connectivity index (χ2v) is 5.49. The highest BCUT2D eigenvalue weighted by Crippen LogP contribution is 2.15. The van der Waals surface area contributed by atoms with Crippen molar-refractivity contribution in [2.75, 3.05) is 32.7 Å². The molecule has 0 aromatic rings. The van der Waals surface area contributed by atoms with Crippen LogP contribution in [0.3, 0.4) is 0 Å². The van der Waals surface area contributed by atoms with Crippen LogP contribution in [-0.2, 0) is 0 Å². The Morgan fingerprint density at radius 2 is 2.33 bits per heavy atom. The van der Waals surface area contributed by atoms with Crippen LogP contribution in [0.2, 0.25) is 0 Å². The van der Waals surface area contributed by atoms with E-state index in [9.17, 15) is 0 Å². The molecule has 1 aliphatic heterocycles. The van der Waals surface area contributed by atoms with E-state index in [1.807, 2.05) is 6.92 Å². The molecule has 104 valence electrons. The number of nitrogens with two attached hydrogens (primary N) is 1. The number of hydrogen-bond acceptors (Lipinski definition) is 2. The summed E-state index contributed by atoms with van der Waals surface area (Å²) in [7, 11) is 0. The largest absolute Gasteiger partial charge is 0.370 e. The van der Waals surface area contributed by atoms with Gasteiger partial charge in [-0.3, -0.25) is 0 Å². The van der Waals surface area contributed by atoms with Crippen LogP contribution in [0.15, 0.2) is 17.1 Å². The summed E-state index contributed by atoms with van der Waals surface area (Å²) in [5.41, 5.74) is 6.78.